The Balaban J connectivity index is 2.24. The number of hydrogen-bond donors (Lipinski definition) is 1. The molecule has 0 aliphatic rings. The van der Waals surface area contributed by atoms with E-state index < -0.39 is 60.5 Å². The highest BCUT2D eigenvalue weighted by atomic mass is 32.2. The van der Waals surface area contributed by atoms with Crippen molar-refractivity contribution in [1.29, 1.82) is 0 Å². The molecule has 14 heteroatoms. The molecule has 3 aromatic carbocycles. The Bertz CT molecular complexity index is 1610. The monoisotopic (exact) mass is 591 g/mol. The van der Waals surface area contributed by atoms with Crippen molar-refractivity contribution in [1.82, 2.24) is 0 Å². The van der Waals surface area contributed by atoms with E-state index in [0.29, 0.717) is 12.1 Å². The van der Waals surface area contributed by atoms with Crippen LogP contribution in [0.5, 0.6) is 0 Å². The van der Waals surface area contributed by atoms with Gasteiger partial charge in [0, 0.05) is 17.4 Å². The molecule has 0 aromatic heterocycles. The van der Waals surface area contributed by atoms with E-state index in [4.69, 9.17) is 0 Å². The standard InChI is InChI=1S/C25H19F6NO5S2/c1-38(34,35)19-13-11-18(12-14-19)15-16-23(33,25(29,30)31)21-9-5-6-10-22(21)32(17-24(26,27)28)39(36,37)20-7-3-2-4-8-20/h2-14,33H,17H2,1H3. The van der Waals surface area contributed by atoms with Crippen LogP contribution in [-0.4, -0.2) is 47.1 Å². The Morgan fingerprint density at radius 2 is 1.31 bits per heavy atom. The zero-order valence-corrected chi connectivity index (χ0v) is 21.5. The Kier molecular flexibility index (Phi) is 8.12. The molecule has 0 saturated carbocycles. The number of alkyl halides is 6. The Morgan fingerprint density at radius 3 is 1.82 bits per heavy atom. The fourth-order valence-corrected chi connectivity index (χ4v) is 5.54. The first-order valence-corrected chi connectivity index (χ1v) is 14.1. The number of sulfone groups is 1. The summed E-state index contributed by atoms with van der Waals surface area (Å²) in [6.07, 6.45) is -9.88. The lowest BCUT2D eigenvalue weighted by molar-refractivity contribution is -0.240. The lowest BCUT2D eigenvalue weighted by atomic mass is 9.91. The Labute approximate surface area is 220 Å². The highest BCUT2D eigenvalue weighted by Crippen LogP contribution is 2.44. The number of sulfonamides is 1. The summed E-state index contributed by atoms with van der Waals surface area (Å²) < 4.78 is 133. The summed E-state index contributed by atoms with van der Waals surface area (Å²) >= 11 is 0. The van der Waals surface area contributed by atoms with E-state index >= 15 is 0 Å². The molecule has 1 unspecified atom stereocenters. The minimum Gasteiger partial charge on any atom is -0.366 e. The molecular formula is C25H19F6NO5S2. The van der Waals surface area contributed by atoms with Crippen LogP contribution in [0.25, 0.3) is 0 Å². The van der Waals surface area contributed by atoms with Gasteiger partial charge >= 0.3 is 12.4 Å². The lowest BCUT2D eigenvalue weighted by Crippen LogP contribution is -2.45. The van der Waals surface area contributed by atoms with Gasteiger partial charge in [-0.1, -0.05) is 42.3 Å². The highest BCUT2D eigenvalue weighted by Gasteiger charge is 2.56. The predicted octanol–water partition coefficient (Wildman–Crippen LogP) is 4.65. The fourth-order valence-electron chi connectivity index (χ4n) is 3.42. The molecule has 0 spiro atoms. The second kappa shape index (κ2) is 10.6. The van der Waals surface area contributed by atoms with Gasteiger partial charge in [0.05, 0.1) is 15.5 Å². The first-order valence-electron chi connectivity index (χ1n) is 10.7. The number of hydrogen-bond acceptors (Lipinski definition) is 5. The number of rotatable bonds is 6. The van der Waals surface area contributed by atoms with Gasteiger partial charge in [0.2, 0.25) is 0 Å². The summed E-state index contributed by atoms with van der Waals surface area (Å²) in [6, 6.07) is 13.3. The van der Waals surface area contributed by atoms with Gasteiger partial charge in [0.1, 0.15) is 6.54 Å². The van der Waals surface area contributed by atoms with E-state index in [2.05, 4.69) is 0 Å². The van der Waals surface area contributed by atoms with Crippen LogP contribution in [0, 0.1) is 11.8 Å². The topological polar surface area (TPSA) is 91.8 Å². The molecule has 0 aliphatic carbocycles. The van der Waals surface area contributed by atoms with Crippen molar-refractivity contribution in [2.45, 2.75) is 27.7 Å². The van der Waals surface area contributed by atoms with E-state index in [1.807, 2.05) is 5.92 Å². The summed E-state index contributed by atoms with van der Waals surface area (Å²) in [6.45, 7) is -2.20. The number of nitrogens with zero attached hydrogens (tertiary/aromatic N) is 1. The number of halogens is 6. The summed E-state index contributed by atoms with van der Waals surface area (Å²) in [5, 5.41) is 10.8. The first kappa shape index (κ1) is 30.0. The van der Waals surface area contributed by atoms with Crippen LogP contribution in [0.3, 0.4) is 0 Å². The fraction of sp³-hybridized carbons (Fsp3) is 0.200. The van der Waals surface area contributed by atoms with Gasteiger partial charge in [-0.25, -0.2) is 16.8 Å². The maximum Gasteiger partial charge on any atom is 0.433 e. The average molecular weight is 592 g/mol. The third-order valence-electron chi connectivity index (χ3n) is 5.30. The van der Waals surface area contributed by atoms with Crippen LogP contribution in [0.2, 0.25) is 0 Å². The van der Waals surface area contributed by atoms with Crippen molar-refractivity contribution in [2.75, 3.05) is 17.1 Å². The molecule has 0 bridgehead atoms. The molecule has 0 fully saturated rings. The van der Waals surface area contributed by atoms with Crippen LogP contribution < -0.4 is 4.31 Å². The van der Waals surface area contributed by atoms with Gasteiger partial charge < -0.3 is 5.11 Å². The summed E-state index contributed by atoms with van der Waals surface area (Å²) in [5.74, 6) is 3.65. The van der Waals surface area contributed by atoms with E-state index in [9.17, 15) is 48.3 Å². The second-order valence-electron chi connectivity index (χ2n) is 8.21. The number of aliphatic hydroxyl groups is 1. The number of benzene rings is 3. The molecule has 39 heavy (non-hydrogen) atoms. The van der Waals surface area contributed by atoms with Gasteiger partial charge in [-0.05, 0) is 48.4 Å². The lowest BCUT2D eigenvalue weighted by Gasteiger charge is -2.32. The Hall–Kier alpha value is -3.54. The van der Waals surface area contributed by atoms with Crippen molar-refractivity contribution in [3.63, 3.8) is 0 Å². The molecule has 0 aliphatic heterocycles. The number of anilines is 1. The third kappa shape index (κ3) is 6.73. The van der Waals surface area contributed by atoms with Gasteiger partial charge in [-0.3, -0.25) is 4.31 Å². The molecule has 208 valence electrons. The van der Waals surface area contributed by atoms with Crippen LogP contribution in [0.1, 0.15) is 11.1 Å². The van der Waals surface area contributed by atoms with Crippen molar-refractivity contribution in [2.24, 2.45) is 0 Å². The van der Waals surface area contributed by atoms with Gasteiger partial charge in [-0.15, -0.1) is 0 Å². The number of para-hydroxylation sites is 1. The second-order valence-corrected chi connectivity index (χ2v) is 12.1. The molecule has 1 N–H and O–H groups in total. The quantitative estimate of drug-likeness (QED) is 0.333. The molecule has 3 rings (SSSR count). The molecule has 0 radical (unpaired) electrons. The first-order chi connectivity index (χ1) is 17.9. The third-order valence-corrected chi connectivity index (χ3v) is 8.20. The maximum atomic E-state index is 14.3. The minimum absolute atomic E-state index is 0.154. The summed E-state index contributed by atoms with van der Waals surface area (Å²) in [4.78, 5) is -0.782. The highest BCUT2D eigenvalue weighted by molar-refractivity contribution is 7.92. The van der Waals surface area contributed by atoms with Gasteiger partial charge in [-0.2, -0.15) is 26.3 Å². The van der Waals surface area contributed by atoms with E-state index in [1.54, 1.807) is 5.92 Å². The molecule has 0 saturated heterocycles. The summed E-state index contributed by atoms with van der Waals surface area (Å²) in [5.41, 5.74) is -6.65. The predicted molar refractivity (Wildman–Crippen MR) is 130 cm³/mol. The van der Waals surface area contributed by atoms with Crippen LogP contribution in [0.4, 0.5) is 32.0 Å². The normalized spacial score (nSPS) is 14.2. The van der Waals surface area contributed by atoms with Crippen LogP contribution in [0.15, 0.2) is 88.7 Å². The Morgan fingerprint density at radius 1 is 0.769 bits per heavy atom. The van der Waals surface area contributed by atoms with Crippen LogP contribution in [-0.2, 0) is 25.5 Å². The SMILES string of the molecule is CS(=O)(=O)c1ccc(C#CC(O)(c2ccccc2N(CC(F)(F)F)S(=O)(=O)c2ccccc2)C(F)(F)F)cc1. The largest absolute Gasteiger partial charge is 0.433 e. The molecule has 3 aromatic rings. The van der Waals surface area contributed by atoms with Gasteiger partial charge in [0.15, 0.2) is 9.84 Å². The molecule has 0 heterocycles. The van der Waals surface area contributed by atoms with E-state index in [1.165, 1.54) is 18.2 Å². The summed E-state index contributed by atoms with van der Waals surface area (Å²) in [7, 11) is -8.70. The van der Waals surface area contributed by atoms with Crippen molar-refractivity contribution >= 4 is 25.5 Å². The van der Waals surface area contributed by atoms with Crippen molar-refractivity contribution < 1.29 is 48.3 Å². The zero-order chi connectivity index (χ0) is 29.3. The zero-order valence-electron chi connectivity index (χ0n) is 19.8. The van der Waals surface area contributed by atoms with Crippen LogP contribution >= 0.6 is 0 Å². The van der Waals surface area contributed by atoms with E-state index in [0.717, 1.165) is 54.8 Å². The maximum absolute atomic E-state index is 14.3. The van der Waals surface area contributed by atoms with Crippen molar-refractivity contribution in [3.8, 4) is 11.8 Å². The van der Waals surface area contributed by atoms with E-state index in [-0.39, 0.29) is 14.8 Å². The molecular weight excluding hydrogens is 572 g/mol. The molecule has 0 amide bonds. The van der Waals surface area contributed by atoms with Gasteiger partial charge in [0.25, 0.3) is 15.6 Å². The molecule has 1 atom stereocenters. The minimum atomic E-state index is -5.61. The molecule has 6 nitrogen and oxygen atoms in total. The average Bonchev–Trinajstić information content (AvgIpc) is 2.85. The van der Waals surface area contributed by atoms with Crippen molar-refractivity contribution in [3.05, 3.63) is 90.0 Å². The smallest absolute Gasteiger partial charge is 0.366 e.